The molecule has 1 N–H and O–H groups in total. The largest absolute Gasteiger partial charge is 0.490 e. The van der Waals surface area contributed by atoms with Gasteiger partial charge in [-0.2, -0.15) is 0 Å². The Morgan fingerprint density at radius 2 is 1.61 bits per heavy atom. The summed E-state index contributed by atoms with van der Waals surface area (Å²) in [6.45, 7) is 4.05. The molecule has 212 valence electrons. The number of hydrogen-bond donors (Lipinski definition) is 1. The molecule has 9 nitrogen and oxygen atoms in total. The van der Waals surface area contributed by atoms with E-state index in [0.717, 1.165) is 10.5 Å². The highest BCUT2D eigenvalue weighted by Gasteiger charge is 2.37. The number of barbiturate groups is 1. The quantitative estimate of drug-likeness (QED) is 0.166. The lowest BCUT2D eigenvalue weighted by molar-refractivity contribution is -0.122. The number of carbonyl (C=O) groups excluding carboxylic acids is 4. The SMILES string of the molecule is CCOC(=O)c1ccc(N2C(=O)NC(=O)/C(=C\c3cc(Cl)c(OCc4ccc(Cl)c(Cl)c4)c(OCC)c3)C2=O)cc1. The molecule has 41 heavy (non-hydrogen) atoms. The Balaban J connectivity index is 1.62. The van der Waals surface area contributed by atoms with Gasteiger partial charge in [0.05, 0.1) is 39.5 Å². The van der Waals surface area contributed by atoms with Gasteiger partial charge in [-0.3, -0.25) is 14.9 Å². The minimum absolute atomic E-state index is 0.115. The number of hydrogen-bond acceptors (Lipinski definition) is 7. The molecule has 1 fully saturated rings. The number of anilines is 1. The third-order valence-corrected chi connectivity index (χ3v) is 6.77. The first-order valence-corrected chi connectivity index (χ1v) is 13.5. The highest BCUT2D eigenvalue weighted by molar-refractivity contribution is 6.42. The fraction of sp³-hybridized carbons (Fsp3) is 0.172. The van der Waals surface area contributed by atoms with E-state index in [0.29, 0.717) is 15.6 Å². The van der Waals surface area contributed by atoms with Crippen LogP contribution in [0, 0.1) is 0 Å². The first-order chi connectivity index (χ1) is 19.6. The van der Waals surface area contributed by atoms with E-state index in [2.05, 4.69) is 5.32 Å². The van der Waals surface area contributed by atoms with Crippen molar-refractivity contribution in [1.29, 1.82) is 0 Å². The van der Waals surface area contributed by atoms with Crippen molar-refractivity contribution < 1.29 is 33.4 Å². The molecule has 1 saturated heterocycles. The van der Waals surface area contributed by atoms with E-state index in [1.807, 2.05) is 0 Å². The molecule has 0 bridgehead atoms. The van der Waals surface area contributed by atoms with Crippen LogP contribution in [0.25, 0.3) is 6.08 Å². The van der Waals surface area contributed by atoms with Gasteiger partial charge in [0, 0.05) is 0 Å². The Morgan fingerprint density at radius 1 is 0.878 bits per heavy atom. The van der Waals surface area contributed by atoms with Gasteiger partial charge < -0.3 is 14.2 Å². The van der Waals surface area contributed by atoms with Crippen LogP contribution in [-0.4, -0.2) is 37.0 Å². The van der Waals surface area contributed by atoms with Gasteiger partial charge in [0.2, 0.25) is 0 Å². The monoisotopic (exact) mass is 616 g/mol. The Labute approximate surface area is 250 Å². The molecular weight excluding hydrogens is 595 g/mol. The number of benzene rings is 3. The normalized spacial score (nSPS) is 14.2. The Bertz CT molecular complexity index is 1550. The zero-order valence-electron chi connectivity index (χ0n) is 21.8. The van der Waals surface area contributed by atoms with Crippen molar-refractivity contribution in [1.82, 2.24) is 5.32 Å². The second-order valence-corrected chi connectivity index (χ2v) is 9.75. The second kappa shape index (κ2) is 13.1. The summed E-state index contributed by atoms with van der Waals surface area (Å²) >= 11 is 18.6. The van der Waals surface area contributed by atoms with Crippen molar-refractivity contribution >= 4 is 70.4 Å². The summed E-state index contributed by atoms with van der Waals surface area (Å²) in [5.41, 5.74) is 1.17. The van der Waals surface area contributed by atoms with Gasteiger partial charge in [0.15, 0.2) is 11.5 Å². The van der Waals surface area contributed by atoms with Crippen molar-refractivity contribution in [2.45, 2.75) is 20.5 Å². The predicted molar refractivity (Wildman–Crippen MR) is 155 cm³/mol. The molecule has 1 heterocycles. The van der Waals surface area contributed by atoms with Crippen LogP contribution < -0.4 is 19.7 Å². The van der Waals surface area contributed by atoms with Crippen LogP contribution in [0.3, 0.4) is 0 Å². The Kier molecular flexibility index (Phi) is 9.54. The lowest BCUT2D eigenvalue weighted by Gasteiger charge is -2.26. The molecule has 4 amide bonds. The number of halogens is 3. The van der Waals surface area contributed by atoms with E-state index in [4.69, 9.17) is 49.0 Å². The molecule has 4 rings (SSSR count). The van der Waals surface area contributed by atoms with E-state index < -0.39 is 23.8 Å². The summed E-state index contributed by atoms with van der Waals surface area (Å²) in [6, 6.07) is 12.8. The summed E-state index contributed by atoms with van der Waals surface area (Å²) in [7, 11) is 0. The maximum atomic E-state index is 13.3. The summed E-state index contributed by atoms with van der Waals surface area (Å²) < 4.78 is 16.6. The highest BCUT2D eigenvalue weighted by Crippen LogP contribution is 2.38. The third kappa shape index (κ3) is 6.82. The first kappa shape index (κ1) is 29.9. The van der Waals surface area contributed by atoms with Gasteiger partial charge in [-0.15, -0.1) is 0 Å². The van der Waals surface area contributed by atoms with Crippen molar-refractivity contribution in [3.63, 3.8) is 0 Å². The van der Waals surface area contributed by atoms with Gasteiger partial charge >= 0.3 is 12.0 Å². The molecule has 0 atom stereocenters. The van der Waals surface area contributed by atoms with Crippen molar-refractivity contribution in [2.24, 2.45) is 0 Å². The van der Waals surface area contributed by atoms with Crippen LogP contribution in [0.4, 0.5) is 10.5 Å². The number of urea groups is 1. The first-order valence-electron chi connectivity index (χ1n) is 12.3. The van der Waals surface area contributed by atoms with Crippen LogP contribution in [0.1, 0.15) is 35.3 Å². The molecule has 0 radical (unpaired) electrons. The molecule has 0 aliphatic carbocycles. The Hall–Kier alpha value is -4.05. The van der Waals surface area contributed by atoms with E-state index in [9.17, 15) is 19.2 Å². The molecule has 0 saturated carbocycles. The fourth-order valence-electron chi connectivity index (χ4n) is 3.88. The third-order valence-electron chi connectivity index (χ3n) is 5.75. The molecular formula is C29H23Cl3N2O7. The predicted octanol–water partition coefficient (Wildman–Crippen LogP) is 6.47. The van der Waals surface area contributed by atoms with Crippen molar-refractivity contribution in [3.05, 3.63) is 91.9 Å². The van der Waals surface area contributed by atoms with Crippen LogP contribution in [0.5, 0.6) is 11.5 Å². The summed E-state index contributed by atoms with van der Waals surface area (Å²) in [5, 5.41) is 3.11. The van der Waals surface area contributed by atoms with Gasteiger partial charge in [-0.05, 0) is 79.6 Å². The molecule has 0 spiro atoms. The smallest absolute Gasteiger partial charge is 0.338 e. The summed E-state index contributed by atoms with van der Waals surface area (Å²) in [6.07, 6.45) is 1.29. The molecule has 1 aliphatic rings. The van der Waals surface area contributed by atoms with Gasteiger partial charge in [-0.1, -0.05) is 40.9 Å². The minimum atomic E-state index is -0.930. The average Bonchev–Trinajstić information content (AvgIpc) is 2.93. The Morgan fingerprint density at radius 3 is 2.27 bits per heavy atom. The lowest BCUT2D eigenvalue weighted by atomic mass is 10.1. The number of nitrogens with one attached hydrogen (secondary N) is 1. The number of ether oxygens (including phenoxy) is 3. The standard InChI is InChI=1S/C29H23Cl3N2O7/c1-3-39-24-14-17(13-23(32)25(24)41-15-16-5-10-21(30)22(31)12-16)11-20-26(35)33-29(38)34(27(20)36)19-8-6-18(7-9-19)28(37)40-4-2/h5-14H,3-4,15H2,1-2H3,(H,33,35,38)/b20-11+. The highest BCUT2D eigenvalue weighted by atomic mass is 35.5. The average molecular weight is 618 g/mol. The number of esters is 1. The maximum Gasteiger partial charge on any atom is 0.338 e. The summed E-state index contributed by atoms with van der Waals surface area (Å²) in [5.74, 6) is -1.77. The number of amides is 4. The molecule has 3 aromatic rings. The number of carbonyl (C=O) groups is 4. The molecule has 1 aliphatic heterocycles. The topological polar surface area (TPSA) is 111 Å². The second-order valence-electron chi connectivity index (χ2n) is 8.53. The van der Waals surface area contributed by atoms with E-state index in [1.54, 1.807) is 38.1 Å². The molecule has 3 aromatic carbocycles. The van der Waals surface area contributed by atoms with Crippen LogP contribution in [0.15, 0.2) is 60.2 Å². The van der Waals surface area contributed by atoms with Crippen LogP contribution >= 0.6 is 34.8 Å². The minimum Gasteiger partial charge on any atom is -0.490 e. The number of imide groups is 2. The van der Waals surface area contributed by atoms with Crippen LogP contribution in [-0.2, 0) is 20.9 Å². The molecule has 12 heteroatoms. The summed E-state index contributed by atoms with van der Waals surface area (Å²) in [4.78, 5) is 51.3. The van der Waals surface area contributed by atoms with E-state index >= 15 is 0 Å². The zero-order valence-corrected chi connectivity index (χ0v) is 24.1. The number of rotatable bonds is 9. The zero-order chi connectivity index (χ0) is 29.7. The van der Waals surface area contributed by atoms with Gasteiger partial charge in [0.25, 0.3) is 11.8 Å². The van der Waals surface area contributed by atoms with Gasteiger partial charge in [-0.25, -0.2) is 14.5 Å². The fourth-order valence-corrected chi connectivity index (χ4v) is 4.47. The number of nitrogens with zero attached hydrogens (tertiary/aromatic N) is 1. The van der Waals surface area contributed by atoms with Crippen molar-refractivity contribution in [3.8, 4) is 11.5 Å². The van der Waals surface area contributed by atoms with Gasteiger partial charge in [0.1, 0.15) is 12.2 Å². The van der Waals surface area contributed by atoms with E-state index in [-0.39, 0.29) is 53.2 Å². The van der Waals surface area contributed by atoms with Crippen molar-refractivity contribution in [2.75, 3.05) is 18.1 Å². The van der Waals surface area contributed by atoms with E-state index in [1.165, 1.54) is 36.4 Å². The van der Waals surface area contributed by atoms with Crippen LogP contribution in [0.2, 0.25) is 15.1 Å². The lowest BCUT2D eigenvalue weighted by Crippen LogP contribution is -2.54. The molecule has 0 unspecified atom stereocenters. The maximum absolute atomic E-state index is 13.3. The molecule has 0 aromatic heterocycles.